The molecular formula is C18H18FN3O. The van der Waals surface area contributed by atoms with Gasteiger partial charge in [-0.15, -0.1) is 0 Å². The number of carbonyl (C=O) groups excluding carboxylic acids is 1. The predicted octanol–water partition coefficient (Wildman–Crippen LogP) is 2.85. The molecule has 0 spiro atoms. The largest absolute Gasteiger partial charge is 0.384 e. The molecule has 1 aromatic rings. The molecule has 1 aromatic carbocycles. The van der Waals surface area contributed by atoms with Crippen molar-refractivity contribution in [1.29, 1.82) is 5.26 Å². The Morgan fingerprint density at radius 2 is 1.96 bits per heavy atom. The molecule has 118 valence electrons. The maximum Gasteiger partial charge on any atom is 0.162 e. The van der Waals surface area contributed by atoms with E-state index in [0.717, 1.165) is 5.70 Å². The zero-order chi connectivity index (χ0) is 16.8. The van der Waals surface area contributed by atoms with E-state index in [1.54, 1.807) is 12.1 Å². The summed E-state index contributed by atoms with van der Waals surface area (Å²) < 4.78 is 13.2. The number of halogens is 1. The van der Waals surface area contributed by atoms with E-state index in [1.165, 1.54) is 12.1 Å². The van der Waals surface area contributed by atoms with Gasteiger partial charge in [0, 0.05) is 17.7 Å². The van der Waals surface area contributed by atoms with Crippen LogP contribution < -0.4 is 11.1 Å². The number of nitrogens with zero attached hydrogens (tertiary/aromatic N) is 1. The summed E-state index contributed by atoms with van der Waals surface area (Å²) in [5, 5.41) is 12.5. The lowest BCUT2D eigenvalue weighted by molar-refractivity contribution is -0.118. The number of nitrogens with two attached hydrogens (primary N) is 1. The Balaban J connectivity index is 2.17. The normalized spacial score (nSPS) is 23.2. The van der Waals surface area contributed by atoms with E-state index >= 15 is 0 Å². The van der Waals surface area contributed by atoms with Gasteiger partial charge in [0.1, 0.15) is 11.6 Å². The average Bonchev–Trinajstić information content (AvgIpc) is 2.45. The maximum atomic E-state index is 13.2. The topological polar surface area (TPSA) is 78.9 Å². The Kier molecular flexibility index (Phi) is 3.48. The smallest absolute Gasteiger partial charge is 0.162 e. The van der Waals surface area contributed by atoms with Gasteiger partial charge in [0.25, 0.3) is 0 Å². The Labute approximate surface area is 134 Å². The van der Waals surface area contributed by atoms with E-state index < -0.39 is 5.92 Å². The van der Waals surface area contributed by atoms with Gasteiger partial charge in [-0.3, -0.25) is 4.79 Å². The van der Waals surface area contributed by atoms with Gasteiger partial charge in [0.2, 0.25) is 0 Å². The third-order valence-electron chi connectivity index (χ3n) is 4.40. The number of nitrogens with one attached hydrogen (secondary N) is 1. The summed E-state index contributed by atoms with van der Waals surface area (Å²) in [6.45, 7) is 4.06. The standard InChI is InChI=1S/C18H18FN3O/c1-18(2)7-13-16(14(23)8-18)15(12(9-20)17(21)22-13)10-3-5-11(19)6-4-10/h3-6,15,22H,7-8,21H2,1-2H3. The van der Waals surface area contributed by atoms with Crippen LogP contribution in [0.25, 0.3) is 0 Å². The molecule has 0 saturated heterocycles. The fourth-order valence-corrected chi connectivity index (χ4v) is 3.42. The van der Waals surface area contributed by atoms with Gasteiger partial charge in [-0.05, 0) is 29.5 Å². The average molecular weight is 311 g/mol. The first-order chi connectivity index (χ1) is 10.8. The van der Waals surface area contributed by atoms with Crippen LogP contribution in [0.1, 0.15) is 38.2 Å². The number of Topliss-reactive ketones (excluding diaryl/α,β-unsaturated/α-hetero) is 1. The van der Waals surface area contributed by atoms with E-state index in [1.807, 2.05) is 13.8 Å². The maximum absolute atomic E-state index is 13.2. The number of dihydropyridines is 1. The summed E-state index contributed by atoms with van der Waals surface area (Å²) in [6, 6.07) is 7.98. The molecule has 4 nitrogen and oxygen atoms in total. The summed E-state index contributed by atoms with van der Waals surface area (Å²) >= 11 is 0. The fourth-order valence-electron chi connectivity index (χ4n) is 3.42. The zero-order valence-corrected chi connectivity index (χ0v) is 13.1. The first-order valence-electron chi connectivity index (χ1n) is 7.51. The first-order valence-corrected chi connectivity index (χ1v) is 7.51. The number of hydrogen-bond donors (Lipinski definition) is 2. The van der Waals surface area contributed by atoms with Crippen LogP contribution in [-0.2, 0) is 4.79 Å². The third kappa shape index (κ3) is 2.61. The molecule has 3 N–H and O–H groups in total. The van der Waals surface area contributed by atoms with Gasteiger partial charge in [-0.1, -0.05) is 26.0 Å². The van der Waals surface area contributed by atoms with Crippen molar-refractivity contribution < 1.29 is 9.18 Å². The fraction of sp³-hybridized carbons (Fsp3) is 0.333. The van der Waals surface area contributed by atoms with Crippen LogP contribution in [0, 0.1) is 22.6 Å². The van der Waals surface area contributed by atoms with Crippen LogP contribution >= 0.6 is 0 Å². The van der Waals surface area contributed by atoms with Crippen LogP contribution in [0.4, 0.5) is 4.39 Å². The van der Waals surface area contributed by atoms with Crippen LogP contribution in [-0.4, -0.2) is 5.78 Å². The number of hydrogen-bond acceptors (Lipinski definition) is 4. The number of nitriles is 1. The van der Waals surface area contributed by atoms with Crippen LogP contribution in [0.5, 0.6) is 0 Å². The summed E-state index contributed by atoms with van der Waals surface area (Å²) in [7, 11) is 0. The summed E-state index contributed by atoms with van der Waals surface area (Å²) in [6.07, 6.45) is 1.11. The monoisotopic (exact) mass is 311 g/mol. The molecule has 5 heteroatoms. The van der Waals surface area contributed by atoms with Crippen LogP contribution in [0.15, 0.2) is 46.9 Å². The second-order valence-corrected chi connectivity index (χ2v) is 6.88. The highest BCUT2D eigenvalue weighted by molar-refractivity contribution is 6.00. The molecule has 3 rings (SSSR count). The van der Waals surface area contributed by atoms with Gasteiger partial charge in [-0.2, -0.15) is 5.26 Å². The van der Waals surface area contributed by atoms with Crippen molar-refractivity contribution in [3.05, 3.63) is 58.3 Å². The van der Waals surface area contributed by atoms with Crippen molar-refractivity contribution in [1.82, 2.24) is 5.32 Å². The minimum atomic E-state index is -0.527. The highest BCUT2D eigenvalue weighted by Gasteiger charge is 2.41. The number of ketones is 1. The van der Waals surface area contributed by atoms with Crippen molar-refractivity contribution in [2.24, 2.45) is 11.1 Å². The molecular weight excluding hydrogens is 293 g/mol. The number of benzene rings is 1. The minimum absolute atomic E-state index is 0.0123. The highest BCUT2D eigenvalue weighted by Crippen LogP contribution is 2.45. The quantitative estimate of drug-likeness (QED) is 0.836. The summed E-state index contributed by atoms with van der Waals surface area (Å²) in [4.78, 5) is 12.7. The van der Waals surface area contributed by atoms with E-state index in [0.29, 0.717) is 29.6 Å². The molecule has 0 amide bonds. The Morgan fingerprint density at radius 1 is 1.30 bits per heavy atom. The molecule has 0 fully saturated rings. The molecule has 0 aromatic heterocycles. The zero-order valence-electron chi connectivity index (χ0n) is 13.1. The van der Waals surface area contributed by atoms with Gasteiger partial charge >= 0.3 is 0 Å². The van der Waals surface area contributed by atoms with Gasteiger partial charge < -0.3 is 11.1 Å². The molecule has 1 heterocycles. The first kappa shape index (κ1) is 15.3. The van der Waals surface area contributed by atoms with Gasteiger partial charge in [0.15, 0.2) is 5.78 Å². The van der Waals surface area contributed by atoms with Crippen molar-refractivity contribution in [3.8, 4) is 6.07 Å². The van der Waals surface area contributed by atoms with E-state index in [-0.39, 0.29) is 22.8 Å². The molecule has 1 aliphatic heterocycles. The van der Waals surface area contributed by atoms with E-state index in [9.17, 15) is 14.4 Å². The molecule has 1 unspecified atom stereocenters. The predicted molar refractivity (Wildman–Crippen MR) is 84.2 cm³/mol. The molecule has 23 heavy (non-hydrogen) atoms. The molecule has 1 aliphatic carbocycles. The van der Waals surface area contributed by atoms with Crippen LogP contribution in [0.3, 0.4) is 0 Å². The van der Waals surface area contributed by atoms with Crippen LogP contribution in [0.2, 0.25) is 0 Å². The van der Waals surface area contributed by atoms with Crippen molar-refractivity contribution in [3.63, 3.8) is 0 Å². The lowest BCUT2D eigenvalue weighted by Gasteiger charge is -2.38. The van der Waals surface area contributed by atoms with Gasteiger partial charge in [0.05, 0.1) is 17.6 Å². The summed E-state index contributed by atoms with van der Waals surface area (Å²) in [5.41, 5.74) is 8.23. The number of carbonyl (C=O) groups is 1. The highest BCUT2D eigenvalue weighted by atomic mass is 19.1. The Hall–Kier alpha value is -2.61. The second kappa shape index (κ2) is 5.24. The van der Waals surface area contributed by atoms with Crippen molar-refractivity contribution in [2.45, 2.75) is 32.6 Å². The molecule has 1 atom stereocenters. The lowest BCUT2D eigenvalue weighted by Crippen LogP contribution is -2.39. The number of rotatable bonds is 1. The SMILES string of the molecule is CC1(C)CC(=O)C2=C(C1)NC(N)=C(C#N)C2c1ccc(F)cc1. The minimum Gasteiger partial charge on any atom is -0.384 e. The van der Waals surface area contributed by atoms with Gasteiger partial charge in [-0.25, -0.2) is 4.39 Å². The number of allylic oxidation sites excluding steroid dienone is 3. The molecule has 0 saturated carbocycles. The van der Waals surface area contributed by atoms with Crippen molar-refractivity contribution in [2.75, 3.05) is 0 Å². The van der Waals surface area contributed by atoms with Crippen molar-refractivity contribution >= 4 is 5.78 Å². The van der Waals surface area contributed by atoms with E-state index in [2.05, 4.69) is 11.4 Å². The summed E-state index contributed by atoms with van der Waals surface area (Å²) in [5.74, 6) is -0.603. The Bertz CT molecular complexity index is 781. The van der Waals surface area contributed by atoms with E-state index in [4.69, 9.17) is 5.73 Å². The third-order valence-corrected chi connectivity index (χ3v) is 4.40. The Morgan fingerprint density at radius 3 is 2.57 bits per heavy atom. The second-order valence-electron chi connectivity index (χ2n) is 6.88. The molecule has 0 bridgehead atoms. The molecule has 0 radical (unpaired) electrons. The lowest BCUT2D eigenvalue weighted by atomic mass is 9.69. The molecule has 2 aliphatic rings.